The fourth-order valence-electron chi connectivity index (χ4n) is 1.73. The Morgan fingerprint density at radius 1 is 1.53 bits per heavy atom. The molecule has 0 spiro atoms. The number of aryl methyl sites for hydroxylation is 1. The van der Waals surface area contributed by atoms with E-state index in [1.165, 1.54) is 0 Å². The second-order valence-electron chi connectivity index (χ2n) is 4.22. The molecule has 0 saturated heterocycles. The number of carbonyl (C=O) groups is 1. The predicted molar refractivity (Wildman–Crippen MR) is 70.9 cm³/mol. The molecule has 5 heteroatoms. The van der Waals surface area contributed by atoms with Crippen molar-refractivity contribution in [3.8, 4) is 0 Å². The van der Waals surface area contributed by atoms with E-state index in [-0.39, 0.29) is 11.4 Å². The molecule has 0 radical (unpaired) electrons. The van der Waals surface area contributed by atoms with Crippen LogP contribution in [0.3, 0.4) is 0 Å². The van der Waals surface area contributed by atoms with Crippen LogP contribution in [0.4, 0.5) is 0 Å². The normalized spacial score (nSPS) is 11.5. The number of thiazole rings is 1. The molecular weight excluding hydrogens is 234 g/mol. The van der Waals surface area contributed by atoms with Crippen LogP contribution in [0.25, 0.3) is 0 Å². The fourth-order valence-corrected chi connectivity index (χ4v) is 2.32. The van der Waals surface area contributed by atoms with Gasteiger partial charge in [-0.25, -0.2) is 4.98 Å². The largest absolute Gasteiger partial charge is 0.349 e. The lowest BCUT2D eigenvalue weighted by Gasteiger charge is -2.31. The Morgan fingerprint density at radius 3 is 2.71 bits per heavy atom. The molecule has 0 aromatic carbocycles. The third kappa shape index (κ3) is 4.09. The van der Waals surface area contributed by atoms with Crippen molar-refractivity contribution in [2.75, 3.05) is 6.54 Å². The average molecular weight is 255 g/mol. The van der Waals surface area contributed by atoms with Crippen molar-refractivity contribution in [1.29, 1.82) is 0 Å². The number of nitrogens with one attached hydrogen (secondary N) is 1. The molecule has 3 N–H and O–H groups in total. The highest BCUT2D eigenvalue weighted by Crippen LogP contribution is 2.13. The Hall–Kier alpha value is -0.940. The van der Waals surface area contributed by atoms with Crippen LogP contribution < -0.4 is 11.1 Å². The number of hydrogen-bond acceptors (Lipinski definition) is 4. The molecule has 0 saturated carbocycles. The molecule has 0 bridgehead atoms. The predicted octanol–water partition coefficient (Wildman–Crippen LogP) is 1.71. The summed E-state index contributed by atoms with van der Waals surface area (Å²) in [5.74, 6) is 0.0622. The van der Waals surface area contributed by atoms with Gasteiger partial charge in [-0.1, -0.05) is 13.8 Å². The van der Waals surface area contributed by atoms with Gasteiger partial charge in [0.25, 0.3) is 0 Å². The van der Waals surface area contributed by atoms with E-state index in [4.69, 9.17) is 5.73 Å². The van der Waals surface area contributed by atoms with Gasteiger partial charge in [0.1, 0.15) is 0 Å². The molecule has 4 nitrogen and oxygen atoms in total. The van der Waals surface area contributed by atoms with Crippen LogP contribution in [-0.4, -0.2) is 23.0 Å². The summed E-state index contributed by atoms with van der Waals surface area (Å²) in [4.78, 5) is 16.0. The van der Waals surface area contributed by atoms with E-state index in [1.54, 1.807) is 16.8 Å². The maximum absolute atomic E-state index is 11.8. The van der Waals surface area contributed by atoms with Gasteiger partial charge in [-0.2, -0.15) is 0 Å². The number of hydrogen-bond donors (Lipinski definition) is 2. The number of carbonyl (C=O) groups excluding carboxylic acids is 1. The second kappa shape index (κ2) is 6.71. The third-order valence-corrected chi connectivity index (χ3v) is 3.88. The Labute approximate surface area is 107 Å². The molecule has 1 aromatic rings. The molecule has 0 aliphatic carbocycles. The van der Waals surface area contributed by atoms with Crippen molar-refractivity contribution < 1.29 is 4.79 Å². The molecule has 1 heterocycles. The van der Waals surface area contributed by atoms with Crippen molar-refractivity contribution in [1.82, 2.24) is 10.3 Å². The summed E-state index contributed by atoms with van der Waals surface area (Å²) in [6.45, 7) is 4.59. The standard InChI is InChI=1S/C12H21N3OS/c1-3-12(4-2,8-13)15-11(16)6-5-10-7-17-9-14-10/h7,9H,3-6,8,13H2,1-2H3,(H,15,16). The van der Waals surface area contributed by atoms with Crippen LogP contribution in [0.1, 0.15) is 38.8 Å². The summed E-state index contributed by atoms with van der Waals surface area (Å²) in [6, 6.07) is 0. The van der Waals surface area contributed by atoms with Gasteiger partial charge < -0.3 is 11.1 Å². The maximum Gasteiger partial charge on any atom is 0.220 e. The molecule has 0 aliphatic heterocycles. The maximum atomic E-state index is 11.8. The molecule has 1 aromatic heterocycles. The zero-order valence-corrected chi connectivity index (χ0v) is 11.3. The molecule has 0 fully saturated rings. The van der Waals surface area contributed by atoms with Gasteiger partial charge in [-0.3, -0.25) is 4.79 Å². The molecule has 0 unspecified atom stereocenters. The van der Waals surface area contributed by atoms with E-state index in [2.05, 4.69) is 24.1 Å². The Morgan fingerprint density at radius 2 is 2.24 bits per heavy atom. The quantitative estimate of drug-likeness (QED) is 0.779. The van der Waals surface area contributed by atoms with Crippen LogP contribution in [0.5, 0.6) is 0 Å². The molecule has 0 atom stereocenters. The zero-order chi connectivity index (χ0) is 12.7. The molecule has 0 aliphatic rings. The first kappa shape index (κ1) is 14.1. The summed E-state index contributed by atoms with van der Waals surface area (Å²) in [6.07, 6.45) is 2.90. The fraction of sp³-hybridized carbons (Fsp3) is 0.667. The van der Waals surface area contributed by atoms with E-state index >= 15 is 0 Å². The molecule has 1 rings (SSSR count). The monoisotopic (exact) mass is 255 g/mol. The first-order valence-corrected chi connectivity index (χ1v) is 6.98. The highest BCUT2D eigenvalue weighted by molar-refractivity contribution is 7.07. The first-order chi connectivity index (χ1) is 8.15. The van der Waals surface area contributed by atoms with Crippen molar-refractivity contribution in [2.45, 2.75) is 45.1 Å². The minimum atomic E-state index is -0.237. The lowest BCUT2D eigenvalue weighted by Crippen LogP contribution is -2.52. The SMILES string of the molecule is CCC(CC)(CN)NC(=O)CCc1cscn1. The smallest absolute Gasteiger partial charge is 0.220 e. The minimum absolute atomic E-state index is 0.0622. The molecular formula is C12H21N3OS. The van der Waals surface area contributed by atoms with Crippen molar-refractivity contribution in [3.05, 3.63) is 16.6 Å². The van der Waals surface area contributed by atoms with Crippen LogP contribution in [0.15, 0.2) is 10.9 Å². The zero-order valence-electron chi connectivity index (χ0n) is 10.5. The summed E-state index contributed by atoms with van der Waals surface area (Å²) in [7, 11) is 0. The van der Waals surface area contributed by atoms with Crippen molar-refractivity contribution in [2.24, 2.45) is 5.73 Å². The van der Waals surface area contributed by atoms with Crippen LogP contribution in [0, 0.1) is 0 Å². The highest BCUT2D eigenvalue weighted by atomic mass is 32.1. The van der Waals surface area contributed by atoms with E-state index < -0.39 is 0 Å². The Bertz CT molecular complexity index is 325. The third-order valence-electron chi connectivity index (χ3n) is 3.24. The Kier molecular flexibility index (Phi) is 5.58. The van der Waals surface area contributed by atoms with E-state index in [0.717, 1.165) is 18.5 Å². The minimum Gasteiger partial charge on any atom is -0.349 e. The number of rotatable bonds is 7. The average Bonchev–Trinajstić information content (AvgIpc) is 2.87. The van der Waals surface area contributed by atoms with Gasteiger partial charge in [0.2, 0.25) is 5.91 Å². The van der Waals surface area contributed by atoms with Gasteiger partial charge >= 0.3 is 0 Å². The summed E-state index contributed by atoms with van der Waals surface area (Å²) >= 11 is 1.56. The lowest BCUT2D eigenvalue weighted by molar-refractivity contribution is -0.123. The van der Waals surface area contributed by atoms with Gasteiger partial charge in [0, 0.05) is 18.3 Å². The van der Waals surface area contributed by atoms with Crippen molar-refractivity contribution in [3.63, 3.8) is 0 Å². The first-order valence-electron chi connectivity index (χ1n) is 6.04. The number of nitrogens with two attached hydrogens (primary N) is 1. The summed E-state index contributed by atoms with van der Waals surface area (Å²) in [5.41, 5.74) is 8.28. The van der Waals surface area contributed by atoms with E-state index in [9.17, 15) is 4.79 Å². The topological polar surface area (TPSA) is 68.0 Å². The van der Waals surface area contributed by atoms with E-state index in [0.29, 0.717) is 19.4 Å². The highest BCUT2D eigenvalue weighted by Gasteiger charge is 2.25. The Balaban J connectivity index is 2.42. The summed E-state index contributed by atoms with van der Waals surface area (Å²) < 4.78 is 0. The molecule has 96 valence electrons. The number of nitrogens with zero attached hydrogens (tertiary/aromatic N) is 1. The van der Waals surface area contributed by atoms with Gasteiger partial charge in [-0.05, 0) is 19.3 Å². The second-order valence-corrected chi connectivity index (χ2v) is 4.94. The molecule has 1 amide bonds. The number of amides is 1. The van der Waals surface area contributed by atoms with Crippen LogP contribution in [-0.2, 0) is 11.2 Å². The van der Waals surface area contributed by atoms with Crippen molar-refractivity contribution >= 4 is 17.2 Å². The molecule has 17 heavy (non-hydrogen) atoms. The van der Waals surface area contributed by atoms with Crippen LogP contribution in [0.2, 0.25) is 0 Å². The lowest BCUT2D eigenvalue weighted by atomic mass is 9.92. The summed E-state index contributed by atoms with van der Waals surface area (Å²) in [5, 5.41) is 5.03. The van der Waals surface area contributed by atoms with E-state index in [1.807, 2.05) is 5.38 Å². The van der Waals surface area contributed by atoms with Gasteiger partial charge in [0.05, 0.1) is 16.7 Å². The van der Waals surface area contributed by atoms with Gasteiger partial charge in [-0.15, -0.1) is 11.3 Å². The van der Waals surface area contributed by atoms with Gasteiger partial charge in [0.15, 0.2) is 0 Å². The van der Waals surface area contributed by atoms with Crippen LogP contribution >= 0.6 is 11.3 Å². The number of aromatic nitrogens is 1.